The number of benzene rings is 1. The lowest BCUT2D eigenvalue weighted by Crippen LogP contribution is -2.50. The summed E-state index contributed by atoms with van der Waals surface area (Å²) in [5.74, 6) is 7.81. The van der Waals surface area contributed by atoms with Crippen LogP contribution in [0.2, 0.25) is 5.54 Å². The summed E-state index contributed by atoms with van der Waals surface area (Å²) in [6.45, 7) is 4.21. The molecular formula is C28H33ClN3O2Si. The zero-order chi connectivity index (χ0) is 24.4. The van der Waals surface area contributed by atoms with Crippen molar-refractivity contribution in [2.45, 2.75) is 48.3 Å². The molecule has 1 N–H and O–H groups in total. The van der Waals surface area contributed by atoms with Gasteiger partial charge in [0, 0.05) is 54.9 Å². The van der Waals surface area contributed by atoms with Crippen molar-refractivity contribution >= 4 is 27.7 Å². The van der Waals surface area contributed by atoms with E-state index in [0.29, 0.717) is 19.5 Å². The van der Waals surface area contributed by atoms with Crippen LogP contribution in [0, 0.1) is 17.8 Å². The first-order valence-electron chi connectivity index (χ1n) is 12.6. The largest absolute Gasteiger partial charge is 0.378 e. The summed E-state index contributed by atoms with van der Waals surface area (Å²) < 4.78 is 5.64. The predicted octanol–water partition coefficient (Wildman–Crippen LogP) is 3.27. The number of ether oxygens (including phenoxy) is 1. The van der Waals surface area contributed by atoms with Gasteiger partial charge in [-0.2, -0.15) is 0 Å². The van der Waals surface area contributed by atoms with Crippen molar-refractivity contribution in [3.8, 4) is 11.8 Å². The van der Waals surface area contributed by atoms with Crippen LogP contribution in [-0.4, -0.2) is 82.1 Å². The maximum atomic E-state index is 11.5. The molecule has 183 valence electrons. The average molecular weight is 507 g/mol. The lowest BCUT2D eigenvalue weighted by molar-refractivity contribution is -0.0175. The van der Waals surface area contributed by atoms with Crippen LogP contribution in [0.3, 0.4) is 0 Å². The molecule has 6 rings (SSSR count). The Hall–Kier alpha value is -1.88. The number of fused-ring (bicyclic) bond motifs is 4. The number of piperidine rings is 2. The number of hydrogen-bond donors (Lipinski definition) is 1. The number of aliphatic hydroxyl groups is 1. The van der Waals surface area contributed by atoms with Crippen molar-refractivity contribution < 1.29 is 9.84 Å². The number of hydrogen-bond acceptors (Lipinski definition) is 5. The van der Waals surface area contributed by atoms with Gasteiger partial charge < -0.3 is 14.7 Å². The van der Waals surface area contributed by atoms with Gasteiger partial charge in [-0.05, 0) is 55.6 Å². The van der Waals surface area contributed by atoms with E-state index in [1.54, 1.807) is 7.11 Å². The van der Waals surface area contributed by atoms with Crippen molar-refractivity contribution in [1.82, 2.24) is 9.88 Å². The molecule has 1 aromatic carbocycles. The minimum Gasteiger partial charge on any atom is -0.378 e. The molecule has 4 aliphatic heterocycles. The fraction of sp³-hybridized carbons (Fsp3) is 0.536. The first-order valence-corrected chi connectivity index (χ1v) is 13.6. The summed E-state index contributed by atoms with van der Waals surface area (Å²) >= 11 is 6.55. The minimum atomic E-state index is -0.950. The Kier molecular flexibility index (Phi) is 7.52. The molecule has 1 aromatic heterocycles. The van der Waals surface area contributed by atoms with E-state index >= 15 is 0 Å². The number of anilines is 1. The maximum absolute atomic E-state index is 11.5. The van der Waals surface area contributed by atoms with E-state index in [0.717, 1.165) is 56.0 Å². The third-order valence-corrected chi connectivity index (χ3v) is 9.07. The molecule has 0 aliphatic carbocycles. The Morgan fingerprint density at radius 2 is 2.00 bits per heavy atom. The Balaban J connectivity index is 1.47. The van der Waals surface area contributed by atoms with Crippen molar-refractivity contribution in [1.29, 1.82) is 0 Å². The van der Waals surface area contributed by atoms with E-state index in [-0.39, 0.29) is 22.9 Å². The van der Waals surface area contributed by atoms with Crippen molar-refractivity contribution in [2.24, 2.45) is 5.92 Å². The second-order valence-electron chi connectivity index (χ2n) is 10.1. The fourth-order valence-electron chi connectivity index (χ4n) is 5.66. The predicted molar refractivity (Wildman–Crippen MR) is 141 cm³/mol. The first kappa shape index (κ1) is 24.8. The third-order valence-electron chi connectivity index (χ3n) is 7.73. The van der Waals surface area contributed by atoms with E-state index in [2.05, 4.69) is 50.1 Å². The lowest BCUT2D eigenvalue weighted by atomic mass is 9.80. The van der Waals surface area contributed by atoms with Crippen LogP contribution in [0.5, 0.6) is 0 Å². The van der Waals surface area contributed by atoms with E-state index in [1.165, 1.54) is 5.56 Å². The van der Waals surface area contributed by atoms with Crippen LogP contribution in [0.15, 0.2) is 42.5 Å². The molecule has 5 nitrogen and oxygen atoms in total. The molecule has 4 aliphatic rings. The van der Waals surface area contributed by atoms with Crippen LogP contribution in [0.4, 0.5) is 5.82 Å². The fourth-order valence-corrected chi connectivity index (χ4v) is 6.36. The molecule has 0 saturated carbocycles. The summed E-state index contributed by atoms with van der Waals surface area (Å²) in [7, 11) is 5.48. The molecule has 35 heavy (non-hydrogen) atoms. The quantitative estimate of drug-likeness (QED) is 0.392. The van der Waals surface area contributed by atoms with Gasteiger partial charge in [-0.3, -0.25) is 4.90 Å². The topological polar surface area (TPSA) is 48.8 Å². The Bertz CT molecular complexity index is 1090. The zero-order valence-electron chi connectivity index (χ0n) is 20.3. The van der Waals surface area contributed by atoms with Crippen LogP contribution < -0.4 is 4.90 Å². The van der Waals surface area contributed by atoms with E-state index in [1.807, 2.05) is 24.3 Å². The molecule has 4 saturated heterocycles. The summed E-state index contributed by atoms with van der Waals surface area (Å²) in [6, 6.07) is 14.4. The molecule has 2 aromatic rings. The number of methoxy groups -OCH3 is 1. The Labute approximate surface area is 217 Å². The second kappa shape index (κ2) is 10.6. The highest BCUT2D eigenvalue weighted by molar-refractivity contribution is 6.27. The molecule has 0 spiro atoms. The van der Waals surface area contributed by atoms with Crippen LogP contribution >= 0.6 is 11.6 Å². The molecule has 7 heteroatoms. The van der Waals surface area contributed by atoms with Crippen molar-refractivity contribution in [2.75, 3.05) is 44.7 Å². The van der Waals surface area contributed by atoms with Gasteiger partial charge in [0.15, 0.2) is 0 Å². The summed E-state index contributed by atoms with van der Waals surface area (Å²) in [6.07, 6.45) is 3.80. The van der Waals surface area contributed by atoms with Crippen LogP contribution in [0.25, 0.3) is 0 Å². The van der Waals surface area contributed by atoms with Gasteiger partial charge in [0.1, 0.15) is 11.4 Å². The lowest BCUT2D eigenvalue weighted by Gasteiger charge is -2.40. The van der Waals surface area contributed by atoms with E-state index in [4.69, 9.17) is 21.3 Å². The molecule has 6 atom stereocenters. The number of halogens is 1. The Morgan fingerprint density at radius 1 is 1.17 bits per heavy atom. The molecule has 4 unspecified atom stereocenters. The van der Waals surface area contributed by atoms with Gasteiger partial charge >= 0.3 is 0 Å². The van der Waals surface area contributed by atoms with Gasteiger partial charge in [0.2, 0.25) is 0 Å². The highest BCUT2D eigenvalue weighted by atomic mass is 35.5. The molecule has 5 heterocycles. The first-order chi connectivity index (χ1) is 16.9. The molecule has 4 fully saturated rings. The number of alkyl halides is 1. The summed E-state index contributed by atoms with van der Waals surface area (Å²) in [4.78, 5) is 9.66. The second-order valence-corrected chi connectivity index (χ2v) is 11.4. The van der Waals surface area contributed by atoms with Crippen molar-refractivity contribution in [3.05, 3.63) is 59.3 Å². The van der Waals surface area contributed by atoms with Crippen molar-refractivity contribution in [3.63, 3.8) is 0 Å². The minimum absolute atomic E-state index is 0.0818. The number of rotatable bonds is 4. The number of aromatic nitrogens is 1. The normalized spacial score (nSPS) is 32.6. The number of nitrogens with zero attached hydrogens (tertiary/aromatic N) is 3. The zero-order valence-corrected chi connectivity index (χ0v) is 22.0. The van der Waals surface area contributed by atoms with Gasteiger partial charge in [-0.1, -0.05) is 42.2 Å². The summed E-state index contributed by atoms with van der Waals surface area (Å²) in [5, 5.41) is 11.4. The van der Waals surface area contributed by atoms with Gasteiger partial charge in [-0.15, -0.1) is 11.6 Å². The highest BCUT2D eigenvalue weighted by Gasteiger charge is 2.42. The molecule has 0 amide bonds. The monoisotopic (exact) mass is 506 g/mol. The van der Waals surface area contributed by atoms with Gasteiger partial charge in [-0.25, -0.2) is 4.98 Å². The van der Waals surface area contributed by atoms with E-state index < -0.39 is 5.60 Å². The van der Waals surface area contributed by atoms with Gasteiger partial charge in [0.05, 0.1) is 17.2 Å². The van der Waals surface area contributed by atoms with Crippen LogP contribution in [0.1, 0.15) is 36.1 Å². The van der Waals surface area contributed by atoms with Gasteiger partial charge in [0.25, 0.3) is 0 Å². The molecule has 3 radical (unpaired) electrons. The highest BCUT2D eigenvalue weighted by Crippen LogP contribution is 2.35. The average Bonchev–Trinajstić information content (AvgIpc) is 3.19. The number of pyridine rings is 1. The summed E-state index contributed by atoms with van der Waals surface area (Å²) in [5.41, 5.74) is 2.15. The standard InChI is InChI=1S/C28H33ClN3O2Si/c1-34-24-17-32(18-25(35)27(24)29)26-10-9-21(23(30-26)16-20-6-3-2-4-7-20)11-13-28(33)19-31-14-5-8-22(28)12-15-31/h2-4,6-7,9-10,22,24-25,27,33H,5,8,12,14-19H2,1H3/t22?,24?,25?,27-,28-/m1/s1. The third kappa shape index (κ3) is 5.45. The molecular weight excluding hydrogens is 474 g/mol. The van der Waals surface area contributed by atoms with E-state index in [9.17, 15) is 5.11 Å². The smallest absolute Gasteiger partial charge is 0.141 e. The molecule has 2 bridgehead atoms. The van der Waals surface area contributed by atoms with Crippen LogP contribution in [-0.2, 0) is 11.2 Å². The Morgan fingerprint density at radius 3 is 2.80 bits per heavy atom. The SMILES string of the molecule is COC1CN(c2ccc(C#C[C@@]3(O)CN4CCCC3CC4)c(Cc3ccccc3)n2)CC([Si])[C@@H]1Cl. The maximum Gasteiger partial charge on any atom is 0.141 e.